The molecule has 0 aliphatic heterocycles. The van der Waals surface area contributed by atoms with Crippen LogP contribution in [-0.4, -0.2) is 18.5 Å². The van der Waals surface area contributed by atoms with Crippen molar-refractivity contribution in [3.63, 3.8) is 0 Å². The van der Waals surface area contributed by atoms with Gasteiger partial charge in [-0.25, -0.2) is 0 Å². The average Bonchev–Trinajstić information content (AvgIpc) is 2.38. The summed E-state index contributed by atoms with van der Waals surface area (Å²) in [6, 6.07) is 7.93. The van der Waals surface area contributed by atoms with Crippen LogP contribution in [0.4, 0.5) is 0 Å². The van der Waals surface area contributed by atoms with E-state index in [2.05, 4.69) is 5.32 Å². The third-order valence-corrected chi connectivity index (χ3v) is 3.92. The van der Waals surface area contributed by atoms with Gasteiger partial charge in [-0.3, -0.25) is 4.79 Å². The minimum absolute atomic E-state index is 0. The van der Waals surface area contributed by atoms with Gasteiger partial charge in [-0.2, -0.15) is 0 Å². The van der Waals surface area contributed by atoms with Crippen LogP contribution in [0.25, 0.3) is 0 Å². The van der Waals surface area contributed by atoms with E-state index < -0.39 is 0 Å². The van der Waals surface area contributed by atoms with E-state index in [1.54, 1.807) is 0 Å². The molecule has 2 unspecified atom stereocenters. The lowest BCUT2D eigenvalue weighted by Crippen LogP contribution is -2.38. The molecule has 2 rings (SSSR count). The number of benzene rings is 1. The zero-order chi connectivity index (χ0) is 13.7. The normalized spacial score (nSPS) is 21.9. The first-order valence-corrected chi connectivity index (χ1v) is 7.30. The van der Waals surface area contributed by atoms with Gasteiger partial charge in [0.25, 0.3) is 0 Å². The molecule has 1 amide bonds. The molecule has 0 radical (unpaired) electrons. The number of carbonyl (C=O) groups excluding carboxylic acids is 1. The van der Waals surface area contributed by atoms with Crippen LogP contribution in [0.3, 0.4) is 0 Å². The van der Waals surface area contributed by atoms with Crippen molar-refractivity contribution in [3.05, 3.63) is 34.9 Å². The van der Waals surface area contributed by atoms with E-state index in [0.717, 1.165) is 42.7 Å². The van der Waals surface area contributed by atoms with Gasteiger partial charge in [0.1, 0.15) is 0 Å². The number of carbonyl (C=O) groups is 1. The van der Waals surface area contributed by atoms with Crippen LogP contribution in [0.1, 0.15) is 31.2 Å². The van der Waals surface area contributed by atoms with Crippen molar-refractivity contribution in [2.75, 3.05) is 6.54 Å². The molecule has 0 spiro atoms. The predicted molar refractivity (Wildman–Crippen MR) is 85.3 cm³/mol. The van der Waals surface area contributed by atoms with Crippen LogP contribution < -0.4 is 11.1 Å². The van der Waals surface area contributed by atoms with Crippen molar-refractivity contribution >= 4 is 29.9 Å². The van der Waals surface area contributed by atoms with Gasteiger partial charge in [-0.1, -0.05) is 30.2 Å². The molecule has 112 valence electrons. The van der Waals surface area contributed by atoms with Crippen molar-refractivity contribution in [2.45, 2.75) is 38.1 Å². The van der Waals surface area contributed by atoms with E-state index in [4.69, 9.17) is 17.3 Å². The van der Waals surface area contributed by atoms with E-state index in [1.165, 1.54) is 0 Å². The Hall–Kier alpha value is -0.770. The Morgan fingerprint density at radius 3 is 2.90 bits per heavy atom. The number of hydrogen-bond donors (Lipinski definition) is 2. The van der Waals surface area contributed by atoms with Gasteiger partial charge in [-0.15, -0.1) is 12.4 Å². The fraction of sp³-hybridized carbons (Fsp3) is 0.533. The fourth-order valence-electron chi connectivity index (χ4n) is 2.63. The minimum atomic E-state index is 0. The second-order valence-corrected chi connectivity index (χ2v) is 5.73. The Morgan fingerprint density at radius 2 is 2.20 bits per heavy atom. The van der Waals surface area contributed by atoms with Gasteiger partial charge >= 0.3 is 0 Å². The van der Waals surface area contributed by atoms with Crippen LogP contribution >= 0.6 is 24.0 Å². The van der Waals surface area contributed by atoms with Crippen molar-refractivity contribution in [3.8, 4) is 0 Å². The summed E-state index contributed by atoms with van der Waals surface area (Å²) < 4.78 is 0. The molecule has 3 N–H and O–H groups in total. The highest BCUT2D eigenvalue weighted by Crippen LogP contribution is 2.23. The molecule has 3 nitrogen and oxygen atoms in total. The number of hydrogen-bond acceptors (Lipinski definition) is 2. The zero-order valence-corrected chi connectivity index (χ0v) is 13.1. The summed E-state index contributed by atoms with van der Waals surface area (Å²) in [6.45, 7) is 0.658. The lowest BCUT2D eigenvalue weighted by molar-refractivity contribution is -0.126. The van der Waals surface area contributed by atoms with Crippen molar-refractivity contribution in [1.29, 1.82) is 0 Å². The topological polar surface area (TPSA) is 55.1 Å². The Morgan fingerprint density at radius 1 is 1.40 bits per heavy atom. The van der Waals surface area contributed by atoms with Crippen LogP contribution in [0, 0.1) is 5.92 Å². The molecule has 0 aromatic heterocycles. The Kier molecular flexibility index (Phi) is 7.35. The summed E-state index contributed by atoms with van der Waals surface area (Å²) in [6.07, 6.45) is 4.71. The van der Waals surface area contributed by atoms with Crippen LogP contribution in [0.5, 0.6) is 0 Å². The van der Waals surface area contributed by atoms with E-state index in [1.807, 2.05) is 24.3 Å². The smallest absolute Gasteiger partial charge is 0.223 e. The predicted octanol–water partition coefficient (Wildman–Crippen LogP) is 2.94. The highest BCUT2D eigenvalue weighted by Gasteiger charge is 2.24. The first kappa shape index (κ1) is 17.3. The van der Waals surface area contributed by atoms with Gasteiger partial charge in [0.05, 0.1) is 0 Å². The quantitative estimate of drug-likeness (QED) is 0.897. The number of nitrogens with one attached hydrogen (secondary N) is 1. The van der Waals surface area contributed by atoms with E-state index >= 15 is 0 Å². The lowest BCUT2D eigenvalue weighted by atomic mass is 9.85. The molecular weight excluding hydrogens is 295 g/mol. The van der Waals surface area contributed by atoms with Gasteiger partial charge in [0.2, 0.25) is 5.91 Å². The van der Waals surface area contributed by atoms with Crippen molar-refractivity contribution < 1.29 is 4.79 Å². The summed E-state index contributed by atoms with van der Waals surface area (Å²) in [5.74, 6) is 0.250. The molecule has 2 atom stereocenters. The second kappa shape index (κ2) is 8.50. The maximum Gasteiger partial charge on any atom is 0.223 e. The molecule has 0 saturated heterocycles. The molecule has 1 aliphatic rings. The van der Waals surface area contributed by atoms with E-state index in [-0.39, 0.29) is 30.3 Å². The van der Waals surface area contributed by atoms with Gasteiger partial charge in [0, 0.05) is 23.5 Å². The zero-order valence-electron chi connectivity index (χ0n) is 11.5. The third-order valence-electron chi connectivity index (χ3n) is 3.69. The summed E-state index contributed by atoms with van der Waals surface area (Å²) in [7, 11) is 0. The number of amides is 1. The number of rotatable bonds is 4. The van der Waals surface area contributed by atoms with Crippen LogP contribution in [-0.2, 0) is 11.2 Å². The molecule has 1 aliphatic carbocycles. The van der Waals surface area contributed by atoms with Crippen molar-refractivity contribution in [1.82, 2.24) is 5.32 Å². The SMILES string of the molecule is Cl.NC1CCCC(C(=O)NCCc2cccc(Cl)c2)C1. The Balaban J connectivity index is 0.00000200. The van der Waals surface area contributed by atoms with Gasteiger partial charge in [0.15, 0.2) is 0 Å². The summed E-state index contributed by atoms with van der Waals surface area (Å²) in [4.78, 5) is 12.0. The molecule has 0 bridgehead atoms. The monoisotopic (exact) mass is 316 g/mol. The number of halogens is 2. The van der Waals surface area contributed by atoms with Crippen molar-refractivity contribution in [2.24, 2.45) is 11.7 Å². The standard InChI is InChI=1S/C15H21ClN2O.ClH/c16-13-5-1-3-11(9-13)7-8-18-15(19)12-4-2-6-14(17)10-12;/h1,3,5,9,12,14H,2,4,6-8,10,17H2,(H,18,19);1H. The molecule has 1 saturated carbocycles. The molecular formula is C15H22Cl2N2O. The Labute approximate surface area is 131 Å². The molecule has 1 aromatic rings. The molecule has 1 aromatic carbocycles. The largest absolute Gasteiger partial charge is 0.356 e. The maximum absolute atomic E-state index is 12.0. The first-order chi connectivity index (χ1) is 9.15. The van der Waals surface area contributed by atoms with E-state index in [9.17, 15) is 4.79 Å². The third kappa shape index (κ3) is 5.31. The molecule has 20 heavy (non-hydrogen) atoms. The highest BCUT2D eigenvalue weighted by molar-refractivity contribution is 6.30. The van der Waals surface area contributed by atoms with Crippen LogP contribution in [0.2, 0.25) is 5.02 Å². The molecule has 5 heteroatoms. The fourth-order valence-corrected chi connectivity index (χ4v) is 2.85. The Bertz CT molecular complexity index is 440. The number of nitrogens with two attached hydrogens (primary N) is 1. The summed E-state index contributed by atoms with van der Waals surface area (Å²) >= 11 is 5.92. The summed E-state index contributed by atoms with van der Waals surface area (Å²) in [5.41, 5.74) is 7.05. The van der Waals surface area contributed by atoms with Crippen LogP contribution in [0.15, 0.2) is 24.3 Å². The minimum Gasteiger partial charge on any atom is -0.356 e. The van der Waals surface area contributed by atoms with Gasteiger partial charge in [-0.05, 0) is 43.4 Å². The second-order valence-electron chi connectivity index (χ2n) is 5.29. The molecule has 1 fully saturated rings. The average molecular weight is 317 g/mol. The summed E-state index contributed by atoms with van der Waals surface area (Å²) in [5, 5.41) is 3.74. The first-order valence-electron chi connectivity index (χ1n) is 6.93. The van der Waals surface area contributed by atoms with E-state index in [0.29, 0.717) is 6.54 Å². The maximum atomic E-state index is 12.0. The van der Waals surface area contributed by atoms with Gasteiger partial charge < -0.3 is 11.1 Å². The molecule has 0 heterocycles. The highest BCUT2D eigenvalue weighted by atomic mass is 35.5. The lowest BCUT2D eigenvalue weighted by Gasteiger charge is -2.25.